The van der Waals surface area contributed by atoms with Gasteiger partial charge in [0, 0.05) is 39.2 Å². The summed E-state index contributed by atoms with van der Waals surface area (Å²) in [6.07, 6.45) is 0.626. The number of carbonyl (C=O) groups excluding carboxylic acids is 2. The van der Waals surface area contributed by atoms with Gasteiger partial charge in [-0.05, 0) is 24.3 Å². The Hall–Kier alpha value is -4.00. The largest absolute Gasteiger partial charge is 0.508 e. The molecule has 0 atom stereocenters. The Morgan fingerprint density at radius 3 is 1.93 bits per heavy atom. The molecule has 5 rings (SSSR count). The number of hydrogen-bond donors (Lipinski definition) is 5. The summed E-state index contributed by atoms with van der Waals surface area (Å²) < 4.78 is 0. The number of amides is 1. The lowest BCUT2D eigenvalue weighted by atomic mass is 9.95. The van der Waals surface area contributed by atoms with Crippen LogP contribution < -0.4 is 5.73 Å². The van der Waals surface area contributed by atoms with Crippen molar-refractivity contribution in [3.63, 3.8) is 0 Å². The Morgan fingerprint density at radius 1 is 0.889 bits per heavy atom. The number of phenols is 2. The number of hydrogen-bond acceptors (Lipinski definition) is 4. The summed E-state index contributed by atoms with van der Waals surface area (Å²) in [5, 5.41) is 22.0. The van der Waals surface area contributed by atoms with Crippen molar-refractivity contribution in [2.75, 3.05) is 0 Å². The van der Waals surface area contributed by atoms with Crippen LogP contribution in [0.2, 0.25) is 0 Å². The van der Waals surface area contributed by atoms with E-state index in [2.05, 4.69) is 9.97 Å². The highest BCUT2D eigenvalue weighted by atomic mass is 16.3. The minimum atomic E-state index is -0.717. The van der Waals surface area contributed by atoms with E-state index in [1.54, 1.807) is 24.3 Å². The number of rotatable bonds is 2. The van der Waals surface area contributed by atoms with E-state index in [4.69, 9.17) is 5.73 Å². The minimum Gasteiger partial charge on any atom is -0.508 e. The van der Waals surface area contributed by atoms with Gasteiger partial charge in [-0.3, -0.25) is 9.59 Å². The van der Waals surface area contributed by atoms with Crippen LogP contribution in [0.5, 0.6) is 11.5 Å². The highest BCUT2D eigenvalue weighted by Crippen LogP contribution is 2.40. The molecule has 27 heavy (non-hydrogen) atoms. The van der Waals surface area contributed by atoms with Crippen molar-refractivity contribution in [3.8, 4) is 11.5 Å². The average molecular weight is 359 g/mol. The van der Waals surface area contributed by atoms with Crippen molar-refractivity contribution >= 4 is 55.8 Å². The zero-order valence-electron chi connectivity index (χ0n) is 13.8. The summed E-state index contributed by atoms with van der Waals surface area (Å²) in [5.41, 5.74) is 8.42. The van der Waals surface area contributed by atoms with E-state index in [1.807, 2.05) is 0 Å². The molecule has 0 aliphatic carbocycles. The number of benzene rings is 3. The van der Waals surface area contributed by atoms with E-state index >= 15 is 0 Å². The van der Waals surface area contributed by atoms with Crippen molar-refractivity contribution in [2.45, 2.75) is 0 Å². The lowest BCUT2D eigenvalue weighted by Gasteiger charge is -2.07. The van der Waals surface area contributed by atoms with Gasteiger partial charge in [0.25, 0.3) is 0 Å². The van der Waals surface area contributed by atoms with Gasteiger partial charge in [0.05, 0.1) is 27.6 Å². The summed E-state index contributed by atoms with van der Waals surface area (Å²) in [7, 11) is 0. The molecule has 7 heteroatoms. The van der Waals surface area contributed by atoms with Gasteiger partial charge in [-0.25, -0.2) is 0 Å². The van der Waals surface area contributed by atoms with E-state index in [9.17, 15) is 19.8 Å². The van der Waals surface area contributed by atoms with Gasteiger partial charge in [0.2, 0.25) is 5.91 Å². The second-order valence-electron chi connectivity index (χ2n) is 6.48. The molecule has 0 aliphatic heterocycles. The molecule has 5 aromatic rings. The highest BCUT2D eigenvalue weighted by Gasteiger charge is 2.24. The fourth-order valence-electron chi connectivity index (χ4n) is 3.92. The third kappa shape index (κ3) is 1.90. The Balaban J connectivity index is 2.16. The molecule has 0 fully saturated rings. The van der Waals surface area contributed by atoms with Crippen LogP contribution in [0.15, 0.2) is 36.4 Å². The smallest absolute Gasteiger partial charge is 0.250 e. The Kier molecular flexibility index (Phi) is 2.83. The third-order valence-corrected chi connectivity index (χ3v) is 4.97. The minimum absolute atomic E-state index is 0.0723. The second-order valence-corrected chi connectivity index (χ2v) is 6.48. The molecular formula is C20H13N3O4. The van der Waals surface area contributed by atoms with E-state index in [-0.39, 0.29) is 22.6 Å². The quantitative estimate of drug-likeness (QED) is 0.309. The summed E-state index contributed by atoms with van der Waals surface area (Å²) in [6, 6.07) is 9.47. The molecule has 6 N–H and O–H groups in total. The molecule has 0 spiro atoms. The molecule has 3 aromatic carbocycles. The number of fused-ring (bicyclic) bond motifs is 7. The molecule has 0 saturated heterocycles. The molecule has 0 aliphatic rings. The number of aromatic nitrogens is 2. The van der Waals surface area contributed by atoms with Crippen LogP contribution in [0.1, 0.15) is 20.7 Å². The van der Waals surface area contributed by atoms with Gasteiger partial charge >= 0.3 is 0 Å². The number of nitrogens with one attached hydrogen (secondary N) is 2. The number of primary amides is 1. The van der Waals surface area contributed by atoms with Gasteiger partial charge < -0.3 is 25.9 Å². The normalized spacial score (nSPS) is 11.7. The number of nitrogens with two attached hydrogens (primary N) is 1. The first kappa shape index (κ1) is 15.3. The standard InChI is InChI=1S/C20H13N3O4/c21-20(27)17-12(7-24)15-10-3-1-8(25)5-13(10)22-18(15)19-16(17)11-4-2-9(26)6-14(11)23-19/h1-7,22-23,25-26H,(H2,21,27). The van der Waals surface area contributed by atoms with Crippen LogP contribution in [0.25, 0.3) is 43.6 Å². The molecule has 0 bridgehead atoms. The predicted molar refractivity (Wildman–Crippen MR) is 102 cm³/mol. The van der Waals surface area contributed by atoms with Crippen molar-refractivity contribution in [2.24, 2.45) is 5.73 Å². The maximum absolute atomic E-state index is 12.3. The van der Waals surface area contributed by atoms with E-state index < -0.39 is 5.91 Å². The van der Waals surface area contributed by atoms with Crippen molar-refractivity contribution in [1.82, 2.24) is 9.97 Å². The molecule has 2 heterocycles. The molecule has 0 unspecified atom stereocenters. The van der Waals surface area contributed by atoms with Gasteiger partial charge in [-0.2, -0.15) is 0 Å². The number of carbonyl (C=O) groups is 2. The summed E-state index contributed by atoms with van der Waals surface area (Å²) in [5.74, 6) is -0.566. The first-order valence-electron chi connectivity index (χ1n) is 8.19. The van der Waals surface area contributed by atoms with E-state index in [0.29, 0.717) is 49.9 Å². The average Bonchev–Trinajstić information content (AvgIpc) is 3.17. The van der Waals surface area contributed by atoms with Gasteiger partial charge in [0.1, 0.15) is 11.5 Å². The zero-order valence-corrected chi connectivity index (χ0v) is 13.8. The first-order valence-corrected chi connectivity index (χ1v) is 8.19. The Morgan fingerprint density at radius 2 is 1.41 bits per heavy atom. The van der Waals surface area contributed by atoms with Crippen LogP contribution in [-0.2, 0) is 0 Å². The molecule has 7 nitrogen and oxygen atoms in total. The third-order valence-electron chi connectivity index (χ3n) is 4.97. The van der Waals surface area contributed by atoms with Crippen molar-refractivity contribution in [1.29, 1.82) is 0 Å². The number of aldehydes is 1. The number of aromatic amines is 2. The molecular weight excluding hydrogens is 346 g/mol. The highest BCUT2D eigenvalue weighted by molar-refractivity contribution is 6.32. The van der Waals surface area contributed by atoms with Crippen molar-refractivity contribution in [3.05, 3.63) is 47.5 Å². The lowest BCUT2D eigenvalue weighted by Crippen LogP contribution is -2.14. The monoisotopic (exact) mass is 359 g/mol. The van der Waals surface area contributed by atoms with Crippen LogP contribution in [0.4, 0.5) is 0 Å². The zero-order chi connectivity index (χ0) is 18.9. The molecule has 2 aromatic heterocycles. The first-order chi connectivity index (χ1) is 13.0. The van der Waals surface area contributed by atoms with Crippen LogP contribution in [0, 0.1) is 0 Å². The SMILES string of the molecule is NC(=O)c1c(C=O)c2c3ccc(O)cc3[nH]c2c2[nH]c3cc(O)ccc3c12. The summed E-state index contributed by atoms with van der Waals surface area (Å²) in [4.78, 5) is 30.7. The van der Waals surface area contributed by atoms with Gasteiger partial charge in [-0.15, -0.1) is 0 Å². The Bertz CT molecular complexity index is 1440. The van der Waals surface area contributed by atoms with Crippen molar-refractivity contribution < 1.29 is 19.8 Å². The number of aromatic hydroxyl groups is 2. The molecule has 0 saturated carbocycles. The van der Waals surface area contributed by atoms with E-state index in [1.165, 1.54) is 12.1 Å². The van der Waals surface area contributed by atoms with Gasteiger partial charge in [0.15, 0.2) is 6.29 Å². The lowest BCUT2D eigenvalue weighted by molar-refractivity contribution is 0.0995. The van der Waals surface area contributed by atoms with Gasteiger partial charge in [-0.1, -0.05) is 0 Å². The molecule has 0 radical (unpaired) electrons. The second kappa shape index (κ2) is 5.01. The fourth-order valence-corrected chi connectivity index (χ4v) is 3.92. The van der Waals surface area contributed by atoms with Crippen LogP contribution in [0.3, 0.4) is 0 Å². The molecule has 1 amide bonds. The molecule has 132 valence electrons. The summed E-state index contributed by atoms with van der Waals surface area (Å²) in [6.45, 7) is 0. The topological polar surface area (TPSA) is 132 Å². The Labute approximate surface area is 151 Å². The summed E-state index contributed by atoms with van der Waals surface area (Å²) >= 11 is 0. The maximum Gasteiger partial charge on any atom is 0.250 e. The number of phenolic OH excluding ortho intramolecular Hbond substituents is 2. The van der Waals surface area contributed by atoms with Crippen LogP contribution in [-0.4, -0.2) is 32.4 Å². The number of H-pyrrole nitrogens is 2. The fraction of sp³-hybridized carbons (Fsp3) is 0. The predicted octanol–water partition coefficient (Wildman–Crippen LogP) is 3.28. The van der Waals surface area contributed by atoms with E-state index in [0.717, 1.165) is 0 Å². The maximum atomic E-state index is 12.3. The van der Waals surface area contributed by atoms with Crippen LogP contribution >= 0.6 is 0 Å².